The Morgan fingerprint density at radius 1 is 1.17 bits per heavy atom. The monoisotopic (exact) mass is 491 g/mol. The molecule has 180 valence electrons. The van der Waals surface area contributed by atoms with Gasteiger partial charge < -0.3 is 21.7 Å². The van der Waals surface area contributed by atoms with Crippen molar-refractivity contribution in [1.29, 1.82) is 0 Å². The Balaban J connectivity index is 1.51. The van der Waals surface area contributed by atoms with E-state index in [4.69, 9.17) is 11.5 Å². The van der Waals surface area contributed by atoms with Crippen molar-refractivity contribution in [3.05, 3.63) is 77.2 Å². The zero-order valence-electron chi connectivity index (χ0n) is 19.5. The molecule has 1 fully saturated rings. The molecule has 0 bridgehead atoms. The number of amidine groups is 1. The molecule has 0 radical (unpaired) electrons. The van der Waals surface area contributed by atoms with Crippen LogP contribution in [0.4, 0.5) is 21.7 Å². The molecule has 4 rings (SSSR count). The highest BCUT2D eigenvalue weighted by Gasteiger charge is 2.18. The van der Waals surface area contributed by atoms with Gasteiger partial charge in [0.15, 0.2) is 11.0 Å². The normalized spacial score (nSPS) is 14.0. The van der Waals surface area contributed by atoms with Crippen LogP contribution in [0.25, 0.3) is 0 Å². The largest absolute Gasteiger partial charge is 0.402 e. The summed E-state index contributed by atoms with van der Waals surface area (Å²) in [6.45, 7) is 5.21. The Bertz CT molecular complexity index is 1300. The number of hydrogen-bond donors (Lipinski definition) is 3. The van der Waals surface area contributed by atoms with Gasteiger partial charge in [-0.25, -0.2) is 19.4 Å². The average Bonchev–Trinajstić information content (AvgIpc) is 2.75. The number of aryl methyl sites for hydroxylation is 1. The molecule has 3 aromatic rings. The molecule has 35 heavy (non-hydrogen) atoms. The first-order valence-electron chi connectivity index (χ1n) is 11.0. The van der Waals surface area contributed by atoms with Gasteiger partial charge in [0, 0.05) is 35.4 Å². The molecule has 1 aliphatic heterocycles. The SMILES string of the molecule is C/C(N)=C/C(N)=N\c1cc(N2CCC2)nc(Sc2ccc(NC(=O)c3cccc(C)c3F)cc2)n1. The molecule has 0 spiro atoms. The van der Waals surface area contributed by atoms with E-state index in [0.717, 1.165) is 30.2 Å². The average molecular weight is 492 g/mol. The highest BCUT2D eigenvalue weighted by molar-refractivity contribution is 7.99. The molecule has 2 heterocycles. The highest BCUT2D eigenvalue weighted by atomic mass is 32.2. The summed E-state index contributed by atoms with van der Waals surface area (Å²) in [7, 11) is 0. The third-order valence-corrected chi connectivity index (χ3v) is 6.11. The van der Waals surface area contributed by atoms with E-state index >= 15 is 0 Å². The van der Waals surface area contributed by atoms with E-state index in [0.29, 0.717) is 27.9 Å². The summed E-state index contributed by atoms with van der Waals surface area (Å²) in [5, 5.41) is 3.25. The number of nitrogens with one attached hydrogen (secondary N) is 1. The van der Waals surface area contributed by atoms with Crippen LogP contribution in [0.1, 0.15) is 29.3 Å². The maximum atomic E-state index is 14.2. The van der Waals surface area contributed by atoms with Crippen LogP contribution in [-0.4, -0.2) is 34.8 Å². The summed E-state index contributed by atoms with van der Waals surface area (Å²) in [5.41, 5.74) is 13.2. The van der Waals surface area contributed by atoms with Gasteiger partial charge in [-0.3, -0.25) is 4.79 Å². The smallest absolute Gasteiger partial charge is 0.258 e. The molecule has 0 atom stereocenters. The maximum Gasteiger partial charge on any atom is 0.258 e. The first-order chi connectivity index (χ1) is 16.8. The van der Waals surface area contributed by atoms with Gasteiger partial charge in [-0.2, -0.15) is 0 Å². The van der Waals surface area contributed by atoms with Crippen molar-refractivity contribution in [3.63, 3.8) is 0 Å². The second kappa shape index (κ2) is 10.6. The lowest BCUT2D eigenvalue weighted by Gasteiger charge is -2.32. The molecule has 1 aliphatic rings. The Morgan fingerprint density at radius 2 is 1.91 bits per heavy atom. The number of carbonyl (C=O) groups excluding carboxylic acids is 1. The van der Waals surface area contributed by atoms with Crippen LogP contribution in [0.15, 0.2) is 75.3 Å². The van der Waals surface area contributed by atoms with Gasteiger partial charge >= 0.3 is 0 Å². The molecule has 8 nitrogen and oxygen atoms in total. The predicted octanol–water partition coefficient (Wildman–Crippen LogP) is 4.39. The summed E-state index contributed by atoms with van der Waals surface area (Å²) in [5.74, 6) is 0.479. The summed E-state index contributed by atoms with van der Waals surface area (Å²) in [6, 6.07) is 13.7. The number of carbonyl (C=O) groups is 1. The van der Waals surface area contributed by atoms with Gasteiger partial charge in [-0.05, 0) is 74.0 Å². The van der Waals surface area contributed by atoms with Crippen LogP contribution >= 0.6 is 11.8 Å². The van der Waals surface area contributed by atoms with E-state index in [9.17, 15) is 9.18 Å². The number of nitrogens with two attached hydrogens (primary N) is 2. The Morgan fingerprint density at radius 3 is 2.57 bits per heavy atom. The van der Waals surface area contributed by atoms with Gasteiger partial charge in [0.25, 0.3) is 5.91 Å². The lowest BCUT2D eigenvalue weighted by molar-refractivity contribution is 0.102. The Hall–Kier alpha value is -3.92. The van der Waals surface area contributed by atoms with Crippen LogP contribution in [0.5, 0.6) is 0 Å². The number of halogens is 1. The van der Waals surface area contributed by atoms with Gasteiger partial charge in [0.05, 0.1) is 5.56 Å². The zero-order valence-corrected chi connectivity index (χ0v) is 20.3. The highest BCUT2D eigenvalue weighted by Crippen LogP contribution is 2.31. The topological polar surface area (TPSA) is 123 Å². The fourth-order valence-electron chi connectivity index (χ4n) is 3.34. The fourth-order valence-corrected chi connectivity index (χ4v) is 4.10. The van der Waals surface area contributed by atoms with Crippen LogP contribution in [0.2, 0.25) is 0 Å². The summed E-state index contributed by atoms with van der Waals surface area (Å²) < 4.78 is 14.2. The molecule has 0 aliphatic carbocycles. The molecule has 2 aromatic carbocycles. The Labute approximate surface area is 207 Å². The lowest BCUT2D eigenvalue weighted by Crippen LogP contribution is -2.37. The number of rotatable bonds is 7. The van der Waals surface area contributed by atoms with Crippen LogP contribution in [-0.2, 0) is 0 Å². The van der Waals surface area contributed by atoms with Gasteiger partial charge in [-0.1, -0.05) is 12.1 Å². The second-order valence-corrected chi connectivity index (χ2v) is 9.19. The van der Waals surface area contributed by atoms with Crippen molar-refractivity contribution in [3.8, 4) is 0 Å². The van der Waals surface area contributed by atoms with E-state index in [1.807, 2.05) is 12.1 Å². The number of hydrogen-bond acceptors (Lipinski definition) is 7. The number of allylic oxidation sites excluding steroid dienone is 1. The second-order valence-electron chi connectivity index (χ2n) is 8.15. The third-order valence-electron chi connectivity index (χ3n) is 5.24. The molecule has 5 N–H and O–H groups in total. The molecule has 0 saturated carbocycles. The predicted molar refractivity (Wildman–Crippen MR) is 138 cm³/mol. The standard InChI is InChI=1S/C25H26FN7OS/c1-15-5-3-6-19(23(15)26)24(34)29-17-7-9-18(10-8-17)35-25-31-21(30-20(28)13-16(2)27)14-22(32-25)33-11-4-12-33/h3,5-10,13-14H,4,11-12,27H2,1-2H3,(H,29,34)(H2,28,30,31,32)/b16-13-. The minimum atomic E-state index is -0.521. The van der Waals surface area contributed by atoms with Crippen LogP contribution in [0.3, 0.4) is 0 Å². The molecular formula is C25H26FN7OS. The van der Waals surface area contributed by atoms with E-state index in [1.54, 1.807) is 50.3 Å². The van der Waals surface area contributed by atoms with E-state index in [1.165, 1.54) is 17.8 Å². The van der Waals surface area contributed by atoms with Crippen molar-refractivity contribution >= 4 is 40.8 Å². The Kier molecular flexibility index (Phi) is 7.31. The first kappa shape index (κ1) is 24.2. The fraction of sp³-hybridized carbons (Fsp3) is 0.200. The molecule has 0 unspecified atom stereocenters. The van der Waals surface area contributed by atoms with Gasteiger partial charge in [0.1, 0.15) is 17.5 Å². The zero-order chi connectivity index (χ0) is 24.9. The lowest BCUT2D eigenvalue weighted by atomic mass is 10.1. The van der Waals surface area contributed by atoms with Crippen molar-refractivity contribution in [1.82, 2.24) is 9.97 Å². The molecule has 1 amide bonds. The number of aromatic nitrogens is 2. The maximum absolute atomic E-state index is 14.2. The molecule has 10 heteroatoms. The first-order valence-corrected chi connectivity index (χ1v) is 11.9. The number of benzene rings is 2. The summed E-state index contributed by atoms with van der Waals surface area (Å²) in [4.78, 5) is 29.0. The van der Waals surface area contributed by atoms with Crippen molar-refractivity contribution in [2.75, 3.05) is 23.3 Å². The number of anilines is 2. The van der Waals surface area contributed by atoms with E-state index in [2.05, 4.69) is 25.2 Å². The molecule has 1 aromatic heterocycles. The third kappa shape index (κ3) is 6.15. The van der Waals surface area contributed by atoms with E-state index in [-0.39, 0.29) is 11.4 Å². The van der Waals surface area contributed by atoms with Crippen molar-refractivity contribution < 1.29 is 9.18 Å². The minimum Gasteiger partial charge on any atom is -0.402 e. The van der Waals surface area contributed by atoms with Gasteiger partial charge in [0.2, 0.25) is 0 Å². The number of amides is 1. The van der Waals surface area contributed by atoms with E-state index < -0.39 is 11.7 Å². The summed E-state index contributed by atoms with van der Waals surface area (Å²) >= 11 is 1.37. The van der Waals surface area contributed by atoms with Crippen molar-refractivity contribution in [2.45, 2.75) is 30.3 Å². The van der Waals surface area contributed by atoms with Crippen LogP contribution < -0.4 is 21.7 Å². The van der Waals surface area contributed by atoms with Crippen molar-refractivity contribution in [2.24, 2.45) is 16.5 Å². The number of aliphatic imine (C=N–C) groups is 1. The summed E-state index contributed by atoms with van der Waals surface area (Å²) in [6.07, 6.45) is 2.69. The number of nitrogens with zero attached hydrogens (tertiary/aromatic N) is 4. The minimum absolute atomic E-state index is 0.00620. The molecular weight excluding hydrogens is 465 g/mol. The molecule has 1 saturated heterocycles. The quantitative estimate of drug-likeness (QED) is 0.254. The van der Waals surface area contributed by atoms with Crippen LogP contribution in [0, 0.1) is 12.7 Å². The van der Waals surface area contributed by atoms with Gasteiger partial charge in [-0.15, -0.1) is 0 Å².